The second-order valence-electron chi connectivity index (χ2n) is 6.52. The topological polar surface area (TPSA) is 6.48 Å². The standard InChI is InChI=1S/C18H24GeN2/c1-15-5-9-17(10-6-15)20-13-14-21(19(20,3)4)18-11-7-16(2)8-12-18/h5-11,13-14,18H,12H2,1-4H3. The molecule has 0 saturated carbocycles. The monoisotopic (exact) mass is 342 g/mol. The zero-order valence-corrected chi connectivity index (χ0v) is 15.5. The Morgan fingerprint density at radius 1 is 1.05 bits per heavy atom. The van der Waals surface area contributed by atoms with E-state index in [0.29, 0.717) is 6.04 Å². The van der Waals surface area contributed by atoms with Gasteiger partial charge in [-0.3, -0.25) is 0 Å². The van der Waals surface area contributed by atoms with Crippen molar-refractivity contribution in [3.05, 3.63) is 66.0 Å². The summed E-state index contributed by atoms with van der Waals surface area (Å²) in [6.07, 6.45) is 12.7. The molecule has 3 heteroatoms. The third-order valence-electron chi connectivity index (χ3n) is 4.53. The van der Waals surface area contributed by atoms with Crippen molar-refractivity contribution in [1.29, 1.82) is 0 Å². The summed E-state index contributed by atoms with van der Waals surface area (Å²) in [6.45, 7) is 4.32. The fraction of sp³-hybridized carbons (Fsp3) is 0.333. The molecule has 2 nitrogen and oxygen atoms in total. The number of nitrogens with zero attached hydrogens (tertiary/aromatic N) is 2. The van der Waals surface area contributed by atoms with Gasteiger partial charge >= 0.3 is 131 Å². The van der Waals surface area contributed by atoms with Gasteiger partial charge in [-0.15, -0.1) is 0 Å². The van der Waals surface area contributed by atoms with Gasteiger partial charge in [-0.25, -0.2) is 0 Å². The Bertz CT molecular complexity index is 611. The van der Waals surface area contributed by atoms with E-state index in [2.05, 4.69) is 88.0 Å². The number of aryl methyl sites for hydroxylation is 1. The normalized spacial score (nSPS) is 23.6. The van der Waals surface area contributed by atoms with E-state index in [1.165, 1.54) is 16.8 Å². The van der Waals surface area contributed by atoms with Crippen LogP contribution in [-0.2, 0) is 0 Å². The molecule has 0 fully saturated rings. The Morgan fingerprint density at radius 3 is 2.38 bits per heavy atom. The van der Waals surface area contributed by atoms with Crippen LogP contribution in [0, 0.1) is 6.92 Å². The molecule has 0 spiro atoms. The van der Waals surface area contributed by atoms with Gasteiger partial charge in [0.25, 0.3) is 0 Å². The molecule has 0 saturated heterocycles. The summed E-state index contributed by atoms with van der Waals surface area (Å²) in [6, 6.07) is 9.43. The van der Waals surface area contributed by atoms with Crippen LogP contribution >= 0.6 is 0 Å². The van der Waals surface area contributed by atoms with E-state index in [4.69, 9.17) is 0 Å². The van der Waals surface area contributed by atoms with Crippen LogP contribution in [0.2, 0.25) is 11.5 Å². The molecule has 21 heavy (non-hydrogen) atoms. The van der Waals surface area contributed by atoms with Gasteiger partial charge in [-0.2, -0.15) is 0 Å². The van der Waals surface area contributed by atoms with Crippen LogP contribution in [0.3, 0.4) is 0 Å². The SMILES string of the molecule is CC1=CCC([N]2C=C[N](c3ccc(C)cc3)[Ge]2([CH3])[CH3])C=C1. The minimum absolute atomic E-state index is 0.524. The van der Waals surface area contributed by atoms with Gasteiger partial charge in [0.05, 0.1) is 0 Å². The van der Waals surface area contributed by atoms with Gasteiger partial charge in [-0.05, 0) is 0 Å². The minimum atomic E-state index is -2.27. The van der Waals surface area contributed by atoms with E-state index in [1.54, 1.807) is 0 Å². The molecule has 1 atom stereocenters. The van der Waals surface area contributed by atoms with Crippen LogP contribution < -0.4 is 3.86 Å². The van der Waals surface area contributed by atoms with Crippen molar-refractivity contribution in [1.82, 2.24) is 3.86 Å². The molecule has 0 bridgehead atoms. The molecule has 1 heterocycles. The first-order chi connectivity index (χ1) is 9.98. The molecule has 1 aliphatic heterocycles. The second kappa shape index (κ2) is 5.41. The summed E-state index contributed by atoms with van der Waals surface area (Å²) in [5.74, 6) is 4.94. The van der Waals surface area contributed by atoms with E-state index < -0.39 is 13.7 Å². The first-order valence-electron chi connectivity index (χ1n) is 7.66. The van der Waals surface area contributed by atoms with E-state index >= 15 is 0 Å². The van der Waals surface area contributed by atoms with Crippen molar-refractivity contribution < 1.29 is 0 Å². The Morgan fingerprint density at radius 2 is 1.76 bits per heavy atom. The zero-order valence-electron chi connectivity index (χ0n) is 13.4. The quantitative estimate of drug-likeness (QED) is 0.728. The predicted octanol–water partition coefficient (Wildman–Crippen LogP) is 4.56. The molecule has 1 aliphatic carbocycles. The predicted molar refractivity (Wildman–Crippen MR) is 93.4 cm³/mol. The molecule has 1 aromatic rings. The number of allylic oxidation sites excluding steroid dienone is 2. The Balaban J connectivity index is 1.83. The maximum absolute atomic E-state index is 2.64. The van der Waals surface area contributed by atoms with E-state index in [0.717, 1.165) is 6.42 Å². The van der Waals surface area contributed by atoms with Crippen molar-refractivity contribution in [3.63, 3.8) is 0 Å². The van der Waals surface area contributed by atoms with Gasteiger partial charge < -0.3 is 0 Å². The first-order valence-corrected chi connectivity index (χ1v) is 13.7. The summed E-state index contributed by atoms with van der Waals surface area (Å²) >= 11 is -2.27. The summed E-state index contributed by atoms with van der Waals surface area (Å²) < 4.78 is 5.18. The number of hydrogen-bond acceptors (Lipinski definition) is 2. The fourth-order valence-electron chi connectivity index (χ4n) is 3.17. The van der Waals surface area contributed by atoms with Crippen molar-refractivity contribution in [2.24, 2.45) is 0 Å². The average molecular weight is 341 g/mol. The molecule has 2 aliphatic rings. The molecule has 0 N–H and O–H groups in total. The van der Waals surface area contributed by atoms with Gasteiger partial charge in [0, 0.05) is 0 Å². The third-order valence-corrected chi connectivity index (χ3v) is 11.5. The fourth-order valence-corrected chi connectivity index (χ4v) is 9.25. The van der Waals surface area contributed by atoms with Crippen molar-refractivity contribution >= 4 is 19.4 Å². The van der Waals surface area contributed by atoms with Crippen molar-refractivity contribution in [2.75, 3.05) is 3.86 Å². The Hall–Kier alpha value is -1.42. The van der Waals surface area contributed by atoms with Gasteiger partial charge in [0.15, 0.2) is 0 Å². The summed E-state index contributed by atoms with van der Waals surface area (Å²) in [5, 5.41) is 0. The summed E-state index contributed by atoms with van der Waals surface area (Å²) in [5.41, 5.74) is 4.03. The van der Waals surface area contributed by atoms with Crippen LogP contribution in [0.25, 0.3) is 0 Å². The van der Waals surface area contributed by atoms with Crippen molar-refractivity contribution in [3.8, 4) is 0 Å². The van der Waals surface area contributed by atoms with E-state index in [9.17, 15) is 0 Å². The Kier molecular flexibility index (Phi) is 3.74. The maximum atomic E-state index is 2.64. The third kappa shape index (κ3) is 2.69. The number of rotatable bonds is 2. The van der Waals surface area contributed by atoms with Crippen LogP contribution in [0.1, 0.15) is 18.9 Å². The first kappa shape index (κ1) is 14.5. The second-order valence-corrected chi connectivity index (χ2v) is 14.9. The van der Waals surface area contributed by atoms with Crippen LogP contribution in [-0.4, -0.2) is 23.6 Å². The number of anilines is 1. The summed E-state index contributed by atoms with van der Waals surface area (Å²) in [4.78, 5) is 0. The van der Waals surface area contributed by atoms with E-state index in [-0.39, 0.29) is 0 Å². The summed E-state index contributed by atoms with van der Waals surface area (Å²) in [7, 11) is 0. The molecule has 0 aromatic heterocycles. The molecule has 1 aromatic carbocycles. The van der Waals surface area contributed by atoms with E-state index in [1.807, 2.05) is 0 Å². The number of hydrogen-bond donors (Lipinski definition) is 0. The zero-order chi connectivity index (χ0) is 15.0. The Labute approximate surface area is 131 Å². The molecule has 3 rings (SSSR count). The van der Waals surface area contributed by atoms with Gasteiger partial charge in [-0.1, -0.05) is 0 Å². The van der Waals surface area contributed by atoms with Crippen LogP contribution in [0.5, 0.6) is 0 Å². The van der Waals surface area contributed by atoms with Gasteiger partial charge in [0.1, 0.15) is 0 Å². The molecular weight excluding hydrogens is 317 g/mol. The van der Waals surface area contributed by atoms with Crippen LogP contribution in [0.4, 0.5) is 5.69 Å². The van der Waals surface area contributed by atoms with Gasteiger partial charge in [0.2, 0.25) is 0 Å². The molecule has 1 unspecified atom stereocenters. The molecule has 110 valence electrons. The molecule has 0 radical (unpaired) electrons. The molecular formula is C18H24GeN2. The molecule has 0 amide bonds. The van der Waals surface area contributed by atoms with Crippen LogP contribution in [0.15, 0.2) is 60.5 Å². The van der Waals surface area contributed by atoms with Crippen molar-refractivity contribution in [2.45, 2.75) is 37.8 Å². The number of benzene rings is 1. The average Bonchev–Trinajstić information content (AvgIpc) is 2.76.